The maximum atomic E-state index is 11.1. The second-order valence-electron chi connectivity index (χ2n) is 7.57. The molecule has 2 atom stereocenters. The second-order valence-corrected chi connectivity index (χ2v) is 7.57. The summed E-state index contributed by atoms with van der Waals surface area (Å²) in [7, 11) is 0. The van der Waals surface area contributed by atoms with Gasteiger partial charge >= 0.3 is 0 Å². The van der Waals surface area contributed by atoms with E-state index >= 15 is 0 Å². The molecule has 1 aliphatic carbocycles. The van der Waals surface area contributed by atoms with Crippen molar-refractivity contribution >= 4 is 11.0 Å². The molecule has 2 aromatic carbocycles. The van der Waals surface area contributed by atoms with Crippen LogP contribution in [0.25, 0.3) is 11.0 Å². The summed E-state index contributed by atoms with van der Waals surface area (Å²) in [6.45, 7) is 6.42. The molecule has 0 spiro atoms. The zero-order valence-corrected chi connectivity index (χ0v) is 15.4. The van der Waals surface area contributed by atoms with E-state index in [-0.39, 0.29) is 11.5 Å². The maximum absolute atomic E-state index is 11.1. The van der Waals surface area contributed by atoms with Crippen molar-refractivity contribution in [2.45, 2.75) is 38.3 Å². The van der Waals surface area contributed by atoms with Crippen LogP contribution in [-0.2, 0) is 5.41 Å². The average Bonchev–Trinajstić information content (AvgIpc) is 2.62. The number of aromatic amines is 1. The van der Waals surface area contributed by atoms with Gasteiger partial charge in [0.2, 0.25) is 0 Å². The summed E-state index contributed by atoms with van der Waals surface area (Å²) in [5, 5.41) is 14.4. The molecule has 1 aliphatic rings. The number of allylic oxidation sites excluding steroid dienone is 2. The highest BCUT2D eigenvalue weighted by atomic mass is 16.3. The molecule has 4 rings (SSSR count). The maximum Gasteiger partial charge on any atom is 0.106 e. The Balaban J connectivity index is 1.63. The smallest absolute Gasteiger partial charge is 0.106 e. The van der Waals surface area contributed by atoms with E-state index in [4.69, 9.17) is 0 Å². The van der Waals surface area contributed by atoms with Crippen molar-refractivity contribution in [2.75, 3.05) is 5.43 Å². The number of nitrogens with zero attached hydrogens (tertiary/aromatic N) is 1. The highest BCUT2D eigenvalue weighted by molar-refractivity contribution is 5.77. The highest BCUT2D eigenvalue weighted by Crippen LogP contribution is 2.37. The van der Waals surface area contributed by atoms with Crippen molar-refractivity contribution in [3.05, 3.63) is 83.5 Å². The van der Waals surface area contributed by atoms with Gasteiger partial charge in [0, 0.05) is 5.41 Å². The van der Waals surface area contributed by atoms with Crippen LogP contribution < -0.4 is 5.43 Å². The number of aliphatic hydroxyl groups excluding tert-OH is 1. The molecule has 0 amide bonds. The molecule has 0 aliphatic heterocycles. The lowest BCUT2D eigenvalue weighted by Crippen LogP contribution is -2.45. The highest BCUT2D eigenvalue weighted by Gasteiger charge is 2.36. The Hall–Kier alpha value is -2.72. The number of benzene rings is 2. The lowest BCUT2D eigenvalue weighted by atomic mass is 9.72. The molecule has 0 fully saturated rings. The summed E-state index contributed by atoms with van der Waals surface area (Å²) >= 11 is 0. The summed E-state index contributed by atoms with van der Waals surface area (Å²) in [6.07, 6.45) is 3.59. The number of H-pyrrole nitrogens is 1. The Bertz CT molecular complexity index is 975. The third-order valence-electron chi connectivity index (χ3n) is 5.36. The van der Waals surface area contributed by atoms with E-state index in [2.05, 4.69) is 61.6 Å². The van der Waals surface area contributed by atoms with Gasteiger partial charge in [0.15, 0.2) is 0 Å². The summed E-state index contributed by atoms with van der Waals surface area (Å²) in [5.41, 5.74) is 8.70. The molecule has 3 N–H and O–H groups in total. The number of rotatable bonds is 4. The fourth-order valence-corrected chi connectivity index (χ4v) is 3.77. The predicted molar refractivity (Wildman–Crippen MR) is 107 cm³/mol. The molecule has 0 bridgehead atoms. The zero-order chi connectivity index (χ0) is 18.3. The molecule has 26 heavy (non-hydrogen) atoms. The van der Waals surface area contributed by atoms with Crippen molar-refractivity contribution in [3.8, 4) is 0 Å². The van der Waals surface area contributed by atoms with Crippen molar-refractivity contribution in [1.82, 2.24) is 9.89 Å². The third kappa shape index (κ3) is 2.76. The van der Waals surface area contributed by atoms with Crippen molar-refractivity contribution in [3.63, 3.8) is 0 Å². The van der Waals surface area contributed by atoms with Gasteiger partial charge in [-0.2, -0.15) is 4.79 Å². The molecule has 0 saturated heterocycles. The lowest BCUT2D eigenvalue weighted by molar-refractivity contribution is 0.179. The van der Waals surface area contributed by atoms with Gasteiger partial charge < -0.3 is 10.5 Å². The molecule has 4 heteroatoms. The van der Waals surface area contributed by atoms with E-state index in [0.717, 1.165) is 22.2 Å². The number of para-hydroxylation sites is 2. The van der Waals surface area contributed by atoms with Crippen molar-refractivity contribution < 1.29 is 5.11 Å². The first-order valence-electron chi connectivity index (χ1n) is 9.03. The molecular formula is C22H25N3O. The van der Waals surface area contributed by atoms with Gasteiger partial charge in [-0.25, -0.2) is 0 Å². The third-order valence-corrected chi connectivity index (χ3v) is 5.36. The molecular weight excluding hydrogens is 322 g/mol. The number of hydrogen-bond acceptors (Lipinski definition) is 2. The van der Waals surface area contributed by atoms with Gasteiger partial charge in [0.25, 0.3) is 0 Å². The SMILES string of the molecule is CC1=CC(Nn2[nH]c3ccccc32)C(O)C(C(C)(C)c2ccccc2)=C1. The number of aliphatic hydroxyl groups is 1. The van der Waals surface area contributed by atoms with Crippen LogP contribution in [0.1, 0.15) is 26.3 Å². The van der Waals surface area contributed by atoms with Gasteiger partial charge in [0.1, 0.15) is 11.6 Å². The molecule has 4 nitrogen and oxygen atoms in total. The topological polar surface area (TPSA) is 53.0 Å². The summed E-state index contributed by atoms with van der Waals surface area (Å²) in [6, 6.07) is 18.3. The van der Waals surface area contributed by atoms with Crippen LogP contribution in [0.3, 0.4) is 0 Å². The van der Waals surface area contributed by atoms with Crippen LogP contribution in [0.5, 0.6) is 0 Å². The van der Waals surface area contributed by atoms with Crippen LogP contribution in [0.4, 0.5) is 0 Å². The first-order chi connectivity index (χ1) is 12.5. The molecule has 134 valence electrons. The van der Waals surface area contributed by atoms with Gasteiger partial charge in [-0.1, -0.05) is 74.0 Å². The molecule has 0 saturated carbocycles. The van der Waals surface area contributed by atoms with E-state index in [1.807, 2.05) is 41.2 Å². The van der Waals surface area contributed by atoms with Gasteiger partial charge in [0.05, 0.1) is 11.6 Å². The average molecular weight is 347 g/mol. The molecule has 2 unspecified atom stereocenters. The van der Waals surface area contributed by atoms with Crippen LogP contribution in [0, 0.1) is 0 Å². The number of hydrogen-bond donors (Lipinski definition) is 3. The second kappa shape index (κ2) is 6.22. The Morgan fingerprint density at radius 1 is 1.04 bits per heavy atom. The Morgan fingerprint density at radius 3 is 2.46 bits per heavy atom. The minimum Gasteiger partial charge on any atom is -0.386 e. The quantitative estimate of drug-likeness (QED) is 0.665. The summed E-state index contributed by atoms with van der Waals surface area (Å²) in [5.74, 6) is 0. The first kappa shape index (κ1) is 16.7. The molecule has 1 aromatic heterocycles. The van der Waals surface area contributed by atoms with Crippen LogP contribution in [0.2, 0.25) is 0 Å². The van der Waals surface area contributed by atoms with E-state index in [1.165, 1.54) is 5.56 Å². The van der Waals surface area contributed by atoms with Gasteiger partial charge in [-0.3, -0.25) is 5.10 Å². The van der Waals surface area contributed by atoms with Gasteiger partial charge in [-0.05, 0) is 30.2 Å². The number of nitrogens with one attached hydrogen (secondary N) is 2. The standard InChI is InChI=1S/C22H25N3O/c1-15-13-17(22(2,3)16-9-5-4-6-10-16)21(26)19(14-15)24-25-20-12-8-7-11-18(20)23-25/h4-14,19,21,23-24,26H,1-3H3. The minimum atomic E-state index is -0.608. The van der Waals surface area contributed by atoms with Crippen molar-refractivity contribution in [1.29, 1.82) is 0 Å². The molecule has 1 heterocycles. The fraction of sp³-hybridized carbons (Fsp3) is 0.273. The molecule has 3 aromatic rings. The number of aromatic nitrogens is 2. The van der Waals surface area contributed by atoms with Crippen LogP contribution in [0.15, 0.2) is 77.9 Å². The largest absolute Gasteiger partial charge is 0.386 e. The predicted octanol–water partition coefficient (Wildman–Crippen LogP) is 4.11. The first-order valence-corrected chi connectivity index (χ1v) is 9.03. The zero-order valence-electron chi connectivity index (χ0n) is 15.4. The summed E-state index contributed by atoms with van der Waals surface area (Å²) in [4.78, 5) is 1.88. The lowest BCUT2D eigenvalue weighted by Gasteiger charge is -2.38. The van der Waals surface area contributed by atoms with E-state index in [1.54, 1.807) is 0 Å². The number of fused-ring (bicyclic) bond motifs is 1. The van der Waals surface area contributed by atoms with Crippen LogP contribution in [-0.4, -0.2) is 27.1 Å². The summed E-state index contributed by atoms with van der Waals surface area (Å²) < 4.78 is 0. The van der Waals surface area contributed by atoms with Crippen LogP contribution >= 0.6 is 0 Å². The van der Waals surface area contributed by atoms with E-state index in [0.29, 0.717) is 0 Å². The molecule has 0 radical (unpaired) electrons. The van der Waals surface area contributed by atoms with Crippen molar-refractivity contribution in [2.24, 2.45) is 0 Å². The Kier molecular flexibility index (Phi) is 4.00. The van der Waals surface area contributed by atoms with E-state index in [9.17, 15) is 5.11 Å². The monoisotopic (exact) mass is 347 g/mol. The van der Waals surface area contributed by atoms with E-state index < -0.39 is 6.10 Å². The van der Waals surface area contributed by atoms with Gasteiger partial charge in [-0.15, -0.1) is 0 Å². The normalized spacial score (nSPS) is 20.8. The Labute approximate surface area is 153 Å². The Morgan fingerprint density at radius 2 is 1.73 bits per heavy atom. The fourth-order valence-electron chi connectivity index (χ4n) is 3.77. The minimum absolute atomic E-state index is 0.196.